The van der Waals surface area contributed by atoms with Gasteiger partial charge in [0.15, 0.2) is 0 Å². The van der Waals surface area contributed by atoms with Gasteiger partial charge in [0.2, 0.25) is 11.8 Å². The van der Waals surface area contributed by atoms with Crippen LogP contribution >= 0.6 is 11.6 Å². The van der Waals surface area contributed by atoms with Gasteiger partial charge in [-0.3, -0.25) is 14.5 Å². The molecule has 1 saturated heterocycles. The zero-order chi connectivity index (χ0) is 12.4. The Hall–Kier alpha value is -1.35. The Labute approximate surface area is 105 Å². The highest BCUT2D eigenvalue weighted by atomic mass is 35.5. The van der Waals surface area contributed by atoms with Gasteiger partial charge in [0, 0.05) is 17.9 Å². The molecule has 1 aromatic carbocycles. The summed E-state index contributed by atoms with van der Waals surface area (Å²) in [4.78, 5) is 24.9. The number of amides is 2. The first kappa shape index (κ1) is 12.1. The monoisotopic (exact) mass is 251 g/mol. The maximum atomic E-state index is 11.8. The quantitative estimate of drug-likeness (QED) is 0.758. The molecule has 4 heteroatoms. The topological polar surface area (TPSA) is 37.4 Å². The molecule has 0 bridgehead atoms. The molecule has 0 aromatic heterocycles. The standard InChI is InChI=1S/C13H14ClNO2/c1-9-6-12(16)15(13(17)7-9)8-10-2-4-11(14)5-3-10/h2-5,9H,6-8H2,1H3. The molecule has 17 heavy (non-hydrogen) atoms. The van der Waals surface area contributed by atoms with E-state index in [1.165, 1.54) is 4.90 Å². The Kier molecular flexibility index (Phi) is 3.48. The predicted octanol–water partition coefficient (Wildman–Crippen LogP) is 2.63. The van der Waals surface area contributed by atoms with E-state index in [0.29, 0.717) is 24.4 Å². The smallest absolute Gasteiger partial charge is 0.229 e. The minimum absolute atomic E-state index is 0.0799. The van der Waals surface area contributed by atoms with Crippen molar-refractivity contribution in [3.8, 4) is 0 Å². The van der Waals surface area contributed by atoms with Crippen LogP contribution in [0.2, 0.25) is 5.02 Å². The van der Waals surface area contributed by atoms with E-state index < -0.39 is 0 Å². The number of piperidine rings is 1. The van der Waals surface area contributed by atoms with Gasteiger partial charge in [0.05, 0.1) is 6.54 Å². The number of hydrogen-bond acceptors (Lipinski definition) is 2. The van der Waals surface area contributed by atoms with Gasteiger partial charge in [0.1, 0.15) is 0 Å². The molecule has 1 aliphatic heterocycles. The number of imide groups is 1. The van der Waals surface area contributed by atoms with Crippen LogP contribution in [0, 0.1) is 5.92 Å². The van der Waals surface area contributed by atoms with E-state index in [1.807, 2.05) is 19.1 Å². The van der Waals surface area contributed by atoms with Gasteiger partial charge >= 0.3 is 0 Å². The number of benzene rings is 1. The number of halogens is 1. The third-order valence-corrected chi connectivity index (χ3v) is 3.15. The molecule has 0 unspecified atom stereocenters. The molecule has 0 saturated carbocycles. The summed E-state index contributed by atoms with van der Waals surface area (Å²) >= 11 is 5.78. The fourth-order valence-corrected chi connectivity index (χ4v) is 2.10. The van der Waals surface area contributed by atoms with E-state index in [2.05, 4.69) is 0 Å². The molecular formula is C13H14ClNO2. The number of carbonyl (C=O) groups excluding carboxylic acids is 2. The van der Waals surface area contributed by atoms with Gasteiger partial charge in [-0.05, 0) is 23.6 Å². The molecular weight excluding hydrogens is 238 g/mol. The van der Waals surface area contributed by atoms with Crippen LogP contribution in [-0.2, 0) is 16.1 Å². The Bertz CT molecular complexity index is 423. The molecule has 0 spiro atoms. The lowest BCUT2D eigenvalue weighted by atomic mass is 9.97. The Morgan fingerprint density at radius 2 is 1.71 bits per heavy atom. The van der Waals surface area contributed by atoms with E-state index in [-0.39, 0.29) is 17.7 Å². The molecule has 2 rings (SSSR count). The van der Waals surface area contributed by atoms with Crippen molar-refractivity contribution in [2.75, 3.05) is 0 Å². The second kappa shape index (κ2) is 4.88. The summed E-state index contributed by atoms with van der Waals surface area (Å²) < 4.78 is 0. The Balaban J connectivity index is 2.10. The van der Waals surface area contributed by atoms with Crippen molar-refractivity contribution in [2.24, 2.45) is 5.92 Å². The molecule has 90 valence electrons. The van der Waals surface area contributed by atoms with Gasteiger partial charge < -0.3 is 0 Å². The van der Waals surface area contributed by atoms with Crippen molar-refractivity contribution >= 4 is 23.4 Å². The molecule has 1 aliphatic rings. The molecule has 1 aromatic rings. The molecule has 3 nitrogen and oxygen atoms in total. The maximum Gasteiger partial charge on any atom is 0.229 e. The summed E-state index contributed by atoms with van der Waals surface area (Å²) in [6.07, 6.45) is 0.915. The second-order valence-corrected chi connectivity index (χ2v) is 4.95. The third kappa shape index (κ3) is 2.86. The molecule has 0 radical (unpaired) electrons. The van der Waals surface area contributed by atoms with Crippen molar-refractivity contribution in [1.29, 1.82) is 0 Å². The highest BCUT2D eigenvalue weighted by Crippen LogP contribution is 2.21. The van der Waals surface area contributed by atoms with Crippen molar-refractivity contribution in [2.45, 2.75) is 26.3 Å². The summed E-state index contributed by atoms with van der Waals surface area (Å²) in [5.41, 5.74) is 0.922. The van der Waals surface area contributed by atoms with Crippen molar-refractivity contribution in [3.05, 3.63) is 34.9 Å². The normalized spacial score (nSPS) is 17.6. The Morgan fingerprint density at radius 3 is 2.24 bits per heavy atom. The van der Waals surface area contributed by atoms with Crippen LogP contribution in [0.25, 0.3) is 0 Å². The highest BCUT2D eigenvalue weighted by Gasteiger charge is 2.29. The first-order valence-corrected chi connectivity index (χ1v) is 6.01. The van der Waals surface area contributed by atoms with Crippen LogP contribution in [0.4, 0.5) is 0 Å². The van der Waals surface area contributed by atoms with Gasteiger partial charge in [-0.1, -0.05) is 30.7 Å². The van der Waals surface area contributed by atoms with E-state index >= 15 is 0 Å². The van der Waals surface area contributed by atoms with Crippen LogP contribution in [0.15, 0.2) is 24.3 Å². The average Bonchev–Trinajstić information content (AvgIpc) is 2.26. The third-order valence-electron chi connectivity index (χ3n) is 2.90. The zero-order valence-corrected chi connectivity index (χ0v) is 10.4. The Morgan fingerprint density at radius 1 is 1.18 bits per heavy atom. The first-order valence-electron chi connectivity index (χ1n) is 5.64. The first-order chi connectivity index (χ1) is 8.06. The minimum Gasteiger partial charge on any atom is -0.278 e. The lowest BCUT2D eigenvalue weighted by molar-refractivity contribution is -0.150. The van der Waals surface area contributed by atoms with Gasteiger partial charge in [0.25, 0.3) is 0 Å². The lowest BCUT2D eigenvalue weighted by Gasteiger charge is -2.28. The van der Waals surface area contributed by atoms with Gasteiger partial charge in [-0.25, -0.2) is 0 Å². The van der Waals surface area contributed by atoms with Crippen LogP contribution in [0.5, 0.6) is 0 Å². The van der Waals surface area contributed by atoms with E-state index in [4.69, 9.17) is 11.6 Å². The summed E-state index contributed by atoms with van der Waals surface area (Å²) in [6, 6.07) is 7.19. The van der Waals surface area contributed by atoms with Gasteiger partial charge in [-0.15, -0.1) is 0 Å². The predicted molar refractivity (Wildman–Crippen MR) is 65.4 cm³/mol. The van der Waals surface area contributed by atoms with Gasteiger partial charge in [-0.2, -0.15) is 0 Å². The highest BCUT2D eigenvalue weighted by molar-refractivity contribution is 6.30. The maximum absolute atomic E-state index is 11.8. The van der Waals surface area contributed by atoms with Crippen molar-refractivity contribution in [3.63, 3.8) is 0 Å². The second-order valence-electron chi connectivity index (χ2n) is 4.51. The molecule has 0 atom stereocenters. The summed E-state index contributed by atoms with van der Waals surface area (Å²) in [6.45, 7) is 2.27. The van der Waals surface area contributed by atoms with Crippen molar-refractivity contribution in [1.82, 2.24) is 4.90 Å². The molecule has 2 amide bonds. The molecule has 0 N–H and O–H groups in total. The van der Waals surface area contributed by atoms with Crippen LogP contribution < -0.4 is 0 Å². The summed E-state index contributed by atoms with van der Waals surface area (Å²) in [5, 5.41) is 0.652. The minimum atomic E-state index is -0.0799. The summed E-state index contributed by atoms with van der Waals surface area (Å²) in [5.74, 6) is 0.00358. The van der Waals surface area contributed by atoms with E-state index in [1.54, 1.807) is 12.1 Å². The number of nitrogens with zero attached hydrogens (tertiary/aromatic N) is 1. The van der Waals surface area contributed by atoms with Crippen LogP contribution in [-0.4, -0.2) is 16.7 Å². The average molecular weight is 252 g/mol. The molecule has 1 heterocycles. The lowest BCUT2D eigenvalue weighted by Crippen LogP contribution is -2.42. The zero-order valence-electron chi connectivity index (χ0n) is 9.65. The van der Waals surface area contributed by atoms with E-state index in [0.717, 1.165) is 5.56 Å². The summed E-state index contributed by atoms with van der Waals surface area (Å²) in [7, 11) is 0. The SMILES string of the molecule is CC1CC(=O)N(Cc2ccc(Cl)cc2)C(=O)C1. The number of likely N-dealkylation sites (tertiary alicyclic amines) is 1. The number of rotatable bonds is 2. The molecule has 1 fully saturated rings. The number of hydrogen-bond donors (Lipinski definition) is 0. The van der Waals surface area contributed by atoms with E-state index in [9.17, 15) is 9.59 Å². The van der Waals surface area contributed by atoms with Crippen molar-refractivity contribution < 1.29 is 9.59 Å². The fourth-order valence-electron chi connectivity index (χ4n) is 1.98. The van der Waals surface area contributed by atoms with Crippen LogP contribution in [0.1, 0.15) is 25.3 Å². The van der Waals surface area contributed by atoms with Crippen LogP contribution in [0.3, 0.4) is 0 Å². The molecule has 0 aliphatic carbocycles. The fraction of sp³-hybridized carbons (Fsp3) is 0.385. The largest absolute Gasteiger partial charge is 0.278 e. The number of carbonyl (C=O) groups is 2.